The van der Waals surface area contributed by atoms with E-state index in [-0.39, 0.29) is 24.0 Å². The van der Waals surface area contributed by atoms with Gasteiger partial charge in [0.2, 0.25) is 0 Å². The van der Waals surface area contributed by atoms with Gasteiger partial charge in [0.25, 0.3) is 5.69 Å². The number of alkyl halides is 1. The molecule has 2 rings (SSSR count). The number of halogens is 2. The van der Waals surface area contributed by atoms with Crippen LogP contribution in [0.3, 0.4) is 0 Å². The Morgan fingerprint density at radius 1 is 1.20 bits per heavy atom. The van der Waals surface area contributed by atoms with Crippen molar-refractivity contribution in [3.63, 3.8) is 0 Å². The number of nitro groups is 1. The van der Waals surface area contributed by atoms with Gasteiger partial charge in [-0.25, -0.2) is 4.39 Å². The lowest BCUT2D eigenvalue weighted by molar-refractivity contribution is -0.384. The molecule has 0 spiro atoms. The Labute approximate surface area is 119 Å². The maximum Gasteiger partial charge on any atom is 0.270 e. The molecule has 0 saturated carbocycles. The van der Waals surface area contributed by atoms with Crippen LogP contribution in [-0.2, 0) is 12.5 Å². The molecule has 0 heterocycles. The van der Waals surface area contributed by atoms with E-state index in [4.69, 9.17) is 16.3 Å². The van der Waals surface area contributed by atoms with Gasteiger partial charge in [-0.3, -0.25) is 10.1 Å². The van der Waals surface area contributed by atoms with E-state index in [0.29, 0.717) is 16.9 Å². The summed E-state index contributed by atoms with van der Waals surface area (Å²) in [6, 6.07) is 10.4. The van der Waals surface area contributed by atoms with Crippen LogP contribution in [0.25, 0.3) is 0 Å². The molecule has 2 aromatic carbocycles. The summed E-state index contributed by atoms with van der Waals surface area (Å²) in [6.45, 7) is 0.0361. The Bertz CT molecular complexity index is 634. The number of rotatable bonds is 5. The molecule has 6 heteroatoms. The Balaban J connectivity index is 2.17. The van der Waals surface area contributed by atoms with Crippen molar-refractivity contribution in [1.82, 2.24) is 0 Å². The first kappa shape index (κ1) is 14.3. The lowest BCUT2D eigenvalue weighted by atomic mass is 10.2. The van der Waals surface area contributed by atoms with Crippen molar-refractivity contribution in [2.24, 2.45) is 0 Å². The fourth-order valence-electron chi connectivity index (χ4n) is 1.70. The normalized spacial score (nSPS) is 10.3. The maximum absolute atomic E-state index is 13.4. The van der Waals surface area contributed by atoms with Gasteiger partial charge in [-0.2, -0.15) is 0 Å². The molecule has 0 aliphatic heterocycles. The van der Waals surface area contributed by atoms with E-state index in [1.807, 2.05) is 0 Å². The third-order valence-electron chi connectivity index (χ3n) is 2.74. The maximum atomic E-state index is 13.4. The van der Waals surface area contributed by atoms with E-state index >= 15 is 0 Å². The summed E-state index contributed by atoms with van der Waals surface area (Å²) in [6.07, 6.45) is 0. The molecule has 104 valence electrons. The van der Waals surface area contributed by atoms with Crippen LogP contribution in [-0.4, -0.2) is 4.92 Å². The molecule has 0 N–H and O–H groups in total. The van der Waals surface area contributed by atoms with Gasteiger partial charge in [0.05, 0.1) is 10.8 Å². The van der Waals surface area contributed by atoms with Crippen molar-refractivity contribution in [3.8, 4) is 5.75 Å². The van der Waals surface area contributed by atoms with Crippen LogP contribution in [0.2, 0.25) is 0 Å². The molecule has 0 radical (unpaired) electrons. The molecule has 0 bridgehead atoms. The second kappa shape index (κ2) is 6.34. The van der Waals surface area contributed by atoms with Gasteiger partial charge < -0.3 is 4.74 Å². The van der Waals surface area contributed by atoms with Gasteiger partial charge in [0.1, 0.15) is 18.2 Å². The Hall–Kier alpha value is -2.14. The number of benzene rings is 2. The highest BCUT2D eigenvalue weighted by molar-refractivity contribution is 6.17. The molecule has 0 aromatic heterocycles. The van der Waals surface area contributed by atoms with E-state index in [1.54, 1.807) is 18.2 Å². The fourth-order valence-corrected chi connectivity index (χ4v) is 1.90. The molecule has 20 heavy (non-hydrogen) atoms. The third-order valence-corrected chi connectivity index (χ3v) is 3.03. The van der Waals surface area contributed by atoms with Crippen molar-refractivity contribution in [2.45, 2.75) is 12.5 Å². The van der Waals surface area contributed by atoms with Gasteiger partial charge in [-0.05, 0) is 12.1 Å². The van der Waals surface area contributed by atoms with Gasteiger partial charge in [-0.1, -0.05) is 18.2 Å². The highest BCUT2D eigenvalue weighted by Crippen LogP contribution is 2.26. The van der Waals surface area contributed by atoms with Crippen LogP contribution in [0.4, 0.5) is 10.1 Å². The van der Waals surface area contributed by atoms with Crippen LogP contribution in [0, 0.1) is 15.9 Å². The molecule has 0 aliphatic rings. The van der Waals surface area contributed by atoms with Crippen molar-refractivity contribution >= 4 is 17.3 Å². The molecule has 0 unspecified atom stereocenters. The SMILES string of the molecule is O=[N+]([O-])c1ccc(OCc2ccccc2F)c(CCl)c1. The second-order valence-electron chi connectivity index (χ2n) is 4.06. The van der Waals surface area contributed by atoms with Crippen LogP contribution >= 0.6 is 11.6 Å². The van der Waals surface area contributed by atoms with E-state index in [1.165, 1.54) is 24.3 Å². The van der Waals surface area contributed by atoms with Gasteiger partial charge in [-0.15, -0.1) is 11.6 Å². The summed E-state index contributed by atoms with van der Waals surface area (Å²) in [7, 11) is 0. The zero-order valence-electron chi connectivity index (χ0n) is 10.4. The molecule has 0 amide bonds. The Kier molecular flexibility index (Phi) is 4.53. The molecule has 0 aliphatic carbocycles. The van der Waals surface area contributed by atoms with Crippen molar-refractivity contribution in [3.05, 3.63) is 69.5 Å². The third kappa shape index (κ3) is 3.24. The monoisotopic (exact) mass is 295 g/mol. The zero-order chi connectivity index (χ0) is 14.5. The minimum atomic E-state index is -0.503. The smallest absolute Gasteiger partial charge is 0.270 e. The molecular formula is C14H11ClFNO3. The summed E-state index contributed by atoms with van der Waals surface area (Å²) >= 11 is 5.75. The van der Waals surface area contributed by atoms with Crippen molar-refractivity contribution in [1.29, 1.82) is 0 Å². The summed E-state index contributed by atoms with van der Waals surface area (Å²) in [4.78, 5) is 10.2. The van der Waals surface area contributed by atoms with Crippen LogP contribution in [0.5, 0.6) is 5.75 Å². The minimum absolute atomic E-state index is 0.0361. The minimum Gasteiger partial charge on any atom is -0.488 e. The highest BCUT2D eigenvalue weighted by Gasteiger charge is 2.11. The van der Waals surface area contributed by atoms with Crippen LogP contribution in [0.1, 0.15) is 11.1 Å². The van der Waals surface area contributed by atoms with E-state index in [2.05, 4.69) is 0 Å². The number of hydrogen-bond acceptors (Lipinski definition) is 3. The number of hydrogen-bond donors (Lipinski definition) is 0. The first-order valence-electron chi connectivity index (χ1n) is 5.81. The highest BCUT2D eigenvalue weighted by atomic mass is 35.5. The summed E-state index contributed by atoms with van der Waals surface area (Å²) in [5.74, 6) is 0.129. The standard InChI is InChI=1S/C14H11ClFNO3/c15-8-11-7-12(17(18)19)5-6-14(11)20-9-10-3-1-2-4-13(10)16/h1-7H,8-9H2. The molecular weight excluding hydrogens is 285 g/mol. The fraction of sp³-hybridized carbons (Fsp3) is 0.143. The number of nitrogens with zero attached hydrogens (tertiary/aromatic N) is 1. The Morgan fingerprint density at radius 2 is 1.95 bits per heavy atom. The van der Waals surface area contributed by atoms with E-state index < -0.39 is 4.92 Å². The number of non-ortho nitro benzene ring substituents is 1. The van der Waals surface area contributed by atoms with E-state index in [9.17, 15) is 14.5 Å². The predicted octanol–water partition coefficient (Wildman–Crippen LogP) is 4.05. The quantitative estimate of drug-likeness (QED) is 0.475. The lowest BCUT2D eigenvalue weighted by Gasteiger charge is -2.10. The van der Waals surface area contributed by atoms with Crippen molar-refractivity contribution < 1.29 is 14.1 Å². The van der Waals surface area contributed by atoms with E-state index in [0.717, 1.165) is 0 Å². The first-order chi connectivity index (χ1) is 9.61. The molecule has 0 saturated heterocycles. The van der Waals surface area contributed by atoms with Gasteiger partial charge in [0, 0.05) is 23.3 Å². The van der Waals surface area contributed by atoms with Crippen LogP contribution in [0.15, 0.2) is 42.5 Å². The first-order valence-corrected chi connectivity index (χ1v) is 6.34. The topological polar surface area (TPSA) is 52.4 Å². The molecule has 4 nitrogen and oxygen atoms in total. The lowest BCUT2D eigenvalue weighted by Crippen LogP contribution is -2.01. The molecule has 0 fully saturated rings. The van der Waals surface area contributed by atoms with Crippen molar-refractivity contribution in [2.75, 3.05) is 0 Å². The average Bonchev–Trinajstić information content (AvgIpc) is 2.46. The van der Waals surface area contributed by atoms with Gasteiger partial charge >= 0.3 is 0 Å². The Morgan fingerprint density at radius 3 is 2.60 bits per heavy atom. The second-order valence-corrected chi connectivity index (χ2v) is 4.33. The molecule has 2 aromatic rings. The largest absolute Gasteiger partial charge is 0.488 e. The summed E-state index contributed by atoms with van der Waals surface area (Å²) < 4.78 is 18.9. The zero-order valence-corrected chi connectivity index (χ0v) is 11.1. The van der Waals surface area contributed by atoms with Gasteiger partial charge in [0.15, 0.2) is 0 Å². The predicted molar refractivity (Wildman–Crippen MR) is 73.4 cm³/mol. The summed E-state index contributed by atoms with van der Waals surface area (Å²) in [5.41, 5.74) is 0.850. The molecule has 0 atom stereocenters. The number of nitro benzene ring substituents is 1. The number of ether oxygens (including phenoxy) is 1. The summed E-state index contributed by atoms with van der Waals surface area (Å²) in [5, 5.41) is 10.7. The average molecular weight is 296 g/mol. The van der Waals surface area contributed by atoms with Crippen LogP contribution < -0.4 is 4.74 Å².